The zero-order chi connectivity index (χ0) is 23.5. The molecule has 0 saturated heterocycles. The van der Waals surface area contributed by atoms with Gasteiger partial charge in [-0.05, 0) is 40.2 Å². The lowest BCUT2D eigenvalue weighted by Gasteiger charge is -2.29. The number of hydroxylamine groups is 1. The van der Waals surface area contributed by atoms with Crippen LogP contribution in [0.25, 0.3) is 21.9 Å². The van der Waals surface area contributed by atoms with E-state index in [1.807, 2.05) is 56.5 Å². The highest BCUT2D eigenvalue weighted by Gasteiger charge is 2.31. The Hall–Kier alpha value is -2.75. The summed E-state index contributed by atoms with van der Waals surface area (Å²) in [6.07, 6.45) is 1.36. The number of amides is 1. The number of para-hydroxylation sites is 1. The molecule has 174 valence electrons. The molecule has 1 atom stereocenters. The highest BCUT2D eigenvalue weighted by Crippen LogP contribution is 2.30. The molecule has 0 aliphatic carbocycles. The molecule has 0 bridgehead atoms. The van der Waals surface area contributed by atoms with Crippen LogP contribution in [0.5, 0.6) is 0 Å². The van der Waals surface area contributed by atoms with Crippen LogP contribution in [0.2, 0.25) is 0 Å². The number of rotatable bonds is 10. The summed E-state index contributed by atoms with van der Waals surface area (Å²) in [4.78, 5) is 27.6. The number of hydrogen-bond donors (Lipinski definition) is 3. The van der Waals surface area contributed by atoms with Crippen molar-refractivity contribution in [2.75, 3.05) is 12.3 Å². The molecular formula is C23H34N6O3. The second-order valence-corrected chi connectivity index (χ2v) is 8.92. The quantitative estimate of drug-likeness (QED) is 0.411. The molecule has 0 radical (unpaired) electrons. The fraction of sp³-hybridized carbons (Fsp3) is 0.522. The van der Waals surface area contributed by atoms with Gasteiger partial charge in [0.2, 0.25) is 0 Å². The number of aromatic nitrogens is 3. The summed E-state index contributed by atoms with van der Waals surface area (Å²) < 4.78 is 7.69. The summed E-state index contributed by atoms with van der Waals surface area (Å²) in [5.41, 5.74) is 15.4. The van der Waals surface area contributed by atoms with Gasteiger partial charge in [0.1, 0.15) is 23.5 Å². The van der Waals surface area contributed by atoms with Crippen LogP contribution in [0, 0.1) is 0 Å². The zero-order valence-electron chi connectivity index (χ0n) is 19.6. The Bertz CT molecular complexity index is 1110. The van der Waals surface area contributed by atoms with Crippen molar-refractivity contribution in [3.8, 4) is 0 Å². The van der Waals surface area contributed by atoms with Gasteiger partial charge in [-0.1, -0.05) is 31.5 Å². The molecule has 0 fully saturated rings. The van der Waals surface area contributed by atoms with Crippen LogP contribution < -0.4 is 16.9 Å². The van der Waals surface area contributed by atoms with Gasteiger partial charge >= 0.3 is 0 Å². The van der Waals surface area contributed by atoms with Crippen LogP contribution in [0.3, 0.4) is 0 Å². The average Bonchev–Trinajstić information content (AvgIpc) is 3.09. The molecule has 0 spiro atoms. The molecule has 2 aromatic heterocycles. The van der Waals surface area contributed by atoms with E-state index in [0.717, 1.165) is 22.8 Å². The van der Waals surface area contributed by atoms with E-state index in [-0.39, 0.29) is 5.91 Å². The van der Waals surface area contributed by atoms with Crippen LogP contribution in [-0.2, 0) is 27.5 Å². The summed E-state index contributed by atoms with van der Waals surface area (Å²) >= 11 is 0. The van der Waals surface area contributed by atoms with Crippen LogP contribution in [0.1, 0.15) is 53.3 Å². The highest BCUT2D eigenvalue weighted by molar-refractivity contribution is 6.06. The van der Waals surface area contributed by atoms with Gasteiger partial charge in [0.15, 0.2) is 5.82 Å². The van der Waals surface area contributed by atoms with E-state index >= 15 is 0 Å². The molecule has 1 aromatic carbocycles. The van der Waals surface area contributed by atoms with Crippen molar-refractivity contribution in [1.82, 2.24) is 20.0 Å². The number of nitrogen functional groups attached to an aromatic ring is 1. The molecule has 3 rings (SSSR count). The smallest absolute Gasteiger partial charge is 0.263 e. The third kappa shape index (κ3) is 5.01. The molecule has 1 unspecified atom stereocenters. The monoisotopic (exact) mass is 442 g/mol. The number of carbonyl (C=O) groups excluding carboxylic acids is 1. The van der Waals surface area contributed by atoms with Gasteiger partial charge in [-0.2, -0.15) is 0 Å². The van der Waals surface area contributed by atoms with Crippen LogP contribution in [0.4, 0.5) is 5.82 Å². The molecule has 0 aliphatic heterocycles. The second-order valence-electron chi connectivity index (χ2n) is 8.92. The number of pyridine rings is 1. The second kappa shape index (κ2) is 9.40. The number of nitrogens with zero attached hydrogens (tertiary/aromatic N) is 3. The molecular weight excluding hydrogens is 408 g/mol. The number of nitrogens with two attached hydrogens (primary N) is 2. The van der Waals surface area contributed by atoms with Crippen LogP contribution in [0.15, 0.2) is 24.3 Å². The number of anilines is 1. The maximum Gasteiger partial charge on any atom is 0.263 e. The lowest BCUT2D eigenvalue weighted by atomic mass is 9.97. The molecule has 0 aliphatic rings. The van der Waals surface area contributed by atoms with Crippen molar-refractivity contribution in [3.05, 3.63) is 30.1 Å². The van der Waals surface area contributed by atoms with E-state index in [4.69, 9.17) is 26.0 Å². The third-order valence-corrected chi connectivity index (χ3v) is 5.37. The summed E-state index contributed by atoms with van der Waals surface area (Å²) in [5.74, 6) is 0.724. The van der Waals surface area contributed by atoms with Gasteiger partial charge in [-0.25, -0.2) is 15.4 Å². The summed E-state index contributed by atoms with van der Waals surface area (Å²) in [5, 5.41) is 0.935. The van der Waals surface area contributed by atoms with Gasteiger partial charge in [0, 0.05) is 12.0 Å². The average molecular weight is 443 g/mol. The van der Waals surface area contributed by atoms with Crippen molar-refractivity contribution in [2.24, 2.45) is 5.73 Å². The largest absolute Gasteiger partial charge is 0.382 e. The van der Waals surface area contributed by atoms with Crippen LogP contribution in [-0.4, -0.2) is 38.2 Å². The van der Waals surface area contributed by atoms with Gasteiger partial charge in [-0.3, -0.25) is 9.63 Å². The molecule has 9 nitrogen and oxygen atoms in total. The minimum atomic E-state index is -0.997. The predicted molar refractivity (Wildman–Crippen MR) is 126 cm³/mol. The Kier molecular flexibility index (Phi) is 7.02. The Labute approximate surface area is 188 Å². The van der Waals surface area contributed by atoms with Gasteiger partial charge in [0.25, 0.3) is 5.91 Å². The number of carbonyl (C=O) groups is 1. The SMILES string of the molecule is CCCC(C)(N)C(=O)NOC(C)(C)Cn1c(COCC)nc2c(N)nc3ccccc3c21. The van der Waals surface area contributed by atoms with Crippen molar-refractivity contribution < 1.29 is 14.4 Å². The first-order valence-electron chi connectivity index (χ1n) is 11.0. The van der Waals surface area contributed by atoms with Crippen molar-refractivity contribution in [2.45, 2.75) is 71.8 Å². The molecule has 3 aromatic rings. The Balaban J connectivity index is 1.98. The van der Waals surface area contributed by atoms with Crippen molar-refractivity contribution >= 4 is 33.7 Å². The van der Waals surface area contributed by atoms with Crippen molar-refractivity contribution in [3.63, 3.8) is 0 Å². The fourth-order valence-corrected chi connectivity index (χ4v) is 3.73. The first-order valence-corrected chi connectivity index (χ1v) is 11.0. The standard InChI is InChI=1S/C23H34N6O3/c1-6-12-23(5,25)21(30)28-32-22(3,4)14-29-17(13-31-7-2)27-18-19(29)15-10-8-9-11-16(15)26-20(18)24/h8-11H,6-7,12-14,25H2,1-5H3,(H2,24,26)(H,28,30). The topological polar surface area (TPSA) is 130 Å². The maximum absolute atomic E-state index is 12.5. The number of fused-ring (bicyclic) bond motifs is 3. The van der Waals surface area contributed by atoms with E-state index in [2.05, 4.69) is 10.5 Å². The number of nitrogens with one attached hydrogen (secondary N) is 1. The maximum atomic E-state index is 12.5. The lowest BCUT2D eigenvalue weighted by Crippen LogP contribution is -2.53. The normalized spacial score (nSPS) is 14.1. The molecule has 0 saturated carbocycles. The van der Waals surface area contributed by atoms with Gasteiger partial charge in [0.05, 0.1) is 23.1 Å². The van der Waals surface area contributed by atoms with Gasteiger partial charge < -0.3 is 20.8 Å². The van der Waals surface area contributed by atoms with E-state index in [0.29, 0.717) is 43.3 Å². The number of hydrogen-bond acceptors (Lipinski definition) is 7. The fourth-order valence-electron chi connectivity index (χ4n) is 3.73. The number of ether oxygens (including phenoxy) is 1. The Morgan fingerprint density at radius 1 is 1.19 bits per heavy atom. The first kappa shape index (κ1) is 23.9. The highest BCUT2D eigenvalue weighted by atomic mass is 16.7. The van der Waals surface area contributed by atoms with Crippen molar-refractivity contribution in [1.29, 1.82) is 0 Å². The van der Waals surface area contributed by atoms with E-state index < -0.39 is 11.1 Å². The number of benzene rings is 1. The minimum Gasteiger partial charge on any atom is -0.382 e. The van der Waals surface area contributed by atoms with E-state index in [1.165, 1.54) is 0 Å². The zero-order valence-corrected chi connectivity index (χ0v) is 19.6. The van der Waals surface area contributed by atoms with Crippen LogP contribution >= 0.6 is 0 Å². The molecule has 2 heterocycles. The number of imidazole rings is 1. The third-order valence-electron chi connectivity index (χ3n) is 5.37. The molecule has 32 heavy (non-hydrogen) atoms. The summed E-state index contributed by atoms with van der Waals surface area (Å²) in [6.45, 7) is 10.7. The van der Waals surface area contributed by atoms with Gasteiger partial charge in [-0.15, -0.1) is 0 Å². The van der Waals surface area contributed by atoms with E-state index in [9.17, 15) is 4.79 Å². The lowest BCUT2D eigenvalue weighted by molar-refractivity contribution is -0.154. The predicted octanol–water partition coefficient (Wildman–Crippen LogP) is 3.05. The van der Waals surface area contributed by atoms with E-state index in [1.54, 1.807) is 6.92 Å². The molecule has 5 N–H and O–H groups in total. The summed E-state index contributed by atoms with van der Waals surface area (Å²) in [7, 11) is 0. The molecule has 9 heteroatoms. The minimum absolute atomic E-state index is 0.318. The Morgan fingerprint density at radius 2 is 1.91 bits per heavy atom. The molecule has 1 amide bonds. The Morgan fingerprint density at radius 3 is 2.59 bits per heavy atom. The summed E-state index contributed by atoms with van der Waals surface area (Å²) in [6, 6.07) is 7.79. The first-order chi connectivity index (χ1) is 15.1.